The van der Waals surface area contributed by atoms with Crippen LogP contribution in [0.15, 0.2) is 42.9 Å². The quantitative estimate of drug-likeness (QED) is 0.855. The third kappa shape index (κ3) is 3.45. The Hall–Kier alpha value is -2.10. The van der Waals surface area contributed by atoms with Crippen molar-refractivity contribution >= 4 is 5.82 Å². The number of nitrogens with one attached hydrogen (secondary N) is 1. The predicted octanol–water partition coefficient (Wildman–Crippen LogP) is 2.49. The van der Waals surface area contributed by atoms with E-state index in [2.05, 4.69) is 21.4 Å². The molecule has 88 valence electrons. The number of anilines is 1. The molecule has 17 heavy (non-hydrogen) atoms. The van der Waals surface area contributed by atoms with E-state index < -0.39 is 0 Å². The van der Waals surface area contributed by atoms with Crippen molar-refractivity contribution in [3.8, 4) is 5.75 Å². The molecule has 0 radical (unpaired) electrons. The van der Waals surface area contributed by atoms with Crippen LogP contribution in [-0.2, 0) is 6.54 Å². The molecule has 1 aromatic carbocycles. The van der Waals surface area contributed by atoms with Gasteiger partial charge in [-0.25, -0.2) is 9.97 Å². The number of hydrogen-bond donors (Lipinski definition) is 1. The first-order valence-electron chi connectivity index (χ1n) is 5.60. The van der Waals surface area contributed by atoms with Gasteiger partial charge in [0.05, 0.1) is 6.61 Å². The number of benzene rings is 1. The van der Waals surface area contributed by atoms with Crippen LogP contribution in [0.2, 0.25) is 0 Å². The van der Waals surface area contributed by atoms with Crippen LogP contribution in [0, 0.1) is 0 Å². The molecule has 0 saturated carbocycles. The topological polar surface area (TPSA) is 47.0 Å². The van der Waals surface area contributed by atoms with E-state index in [0.717, 1.165) is 23.7 Å². The summed E-state index contributed by atoms with van der Waals surface area (Å²) in [5.41, 5.74) is 1.16. The molecule has 0 spiro atoms. The van der Waals surface area contributed by atoms with Crippen LogP contribution in [0.4, 0.5) is 5.82 Å². The Bertz CT molecular complexity index is 459. The van der Waals surface area contributed by atoms with E-state index in [1.165, 1.54) is 6.33 Å². The lowest BCUT2D eigenvalue weighted by Crippen LogP contribution is -2.01. The Balaban J connectivity index is 1.97. The molecule has 0 aliphatic heterocycles. The summed E-state index contributed by atoms with van der Waals surface area (Å²) in [5.74, 6) is 1.72. The van der Waals surface area contributed by atoms with Crippen LogP contribution in [-0.4, -0.2) is 16.6 Å². The predicted molar refractivity (Wildman–Crippen MR) is 67.0 cm³/mol. The van der Waals surface area contributed by atoms with Crippen molar-refractivity contribution in [3.05, 3.63) is 48.4 Å². The van der Waals surface area contributed by atoms with Gasteiger partial charge in [0.1, 0.15) is 17.9 Å². The second-order valence-electron chi connectivity index (χ2n) is 3.53. The molecule has 1 aromatic heterocycles. The third-order valence-electron chi connectivity index (χ3n) is 2.27. The number of ether oxygens (including phenoxy) is 1. The lowest BCUT2D eigenvalue weighted by atomic mass is 10.2. The maximum absolute atomic E-state index is 5.45. The number of nitrogens with zero attached hydrogens (tertiary/aromatic N) is 2. The summed E-state index contributed by atoms with van der Waals surface area (Å²) in [6.45, 7) is 3.38. The Morgan fingerprint density at radius 2 is 2.24 bits per heavy atom. The van der Waals surface area contributed by atoms with Gasteiger partial charge in [0, 0.05) is 12.7 Å². The van der Waals surface area contributed by atoms with Crippen molar-refractivity contribution in [2.75, 3.05) is 11.9 Å². The van der Waals surface area contributed by atoms with E-state index in [-0.39, 0.29) is 0 Å². The Morgan fingerprint density at radius 1 is 1.29 bits per heavy atom. The molecule has 1 N–H and O–H groups in total. The van der Waals surface area contributed by atoms with E-state index in [1.54, 1.807) is 6.20 Å². The van der Waals surface area contributed by atoms with E-state index in [0.29, 0.717) is 6.61 Å². The molecule has 0 amide bonds. The molecule has 0 saturated heterocycles. The van der Waals surface area contributed by atoms with Crippen molar-refractivity contribution in [2.45, 2.75) is 13.5 Å². The molecule has 0 atom stereocenters. The molecule has 2 rings (SSSR count). The van der Waals surface area contributed by atoms with Crippen LogP contribution >= 0.6 is 0 Å². The first kappa shape index (κ1) is 11.4. The van der Waals surface area contributed by atoms with Crippen molar-refractivity contribution in [1.82, 2.24) is 9.97 Å². The molecule has 0 bridgehead atoms. The average molecular weight is 229 g/mol. The molecule has 0 aliphatic carbocycles. The summed E-state index contributed by atoms with van der Waals surface area (Å²) < 4.78 is 5.45. The zero-order chi connectivity index (χ0) is 11.9. The lowest BCUT2D eigenvalue weighted by Gasteiger charge is -2.07. The van der Waals surface area contributed by atoms with Gasteiger partial charge in [-0.05, 0) is 30.7 Å². The van der Waals surface area contributed by atoms with E-state index >= 15 is 0 Å². The van der Waals surface area contributed by atoms with Crippen molar-refractivity contribution in [2.24, 2.45) is 0 Å². The van der Waals surface area contributed by atoms with Gasteiger partial charge in [0.15, 0.2) is 0 Å². The second kappa shape index (κ2) is 5.84. The SMILES string of the molecule is CCOc1cccc(CNc2ccncn2)c1. The summed E-state index contributed by atoms with van der Waals surface area (Å²) in [7, 11) is 0. The molecule has 0 unspecified atom stereocenters. The van der Waals surface area contributed by atoms with Crippen LogP contribution < -0.4 is 10.1 Å². The monoisotopic (exact) mass is 229 g/mol. The lowest BCUT2D eigenvalue weighted by molar-refractivity contribution is 0.340. The molecule has 0 aliphatic rings. The summed E-state index contributed by atoms with van der Waals surface area (Å²) in [6, 6.07) is 9.86. The minimum atomic E-state index is 0.683. The van der Waals surface area contributed by atoms with Gasteiger partial charge in [-0.3, -0.25) is 0 Å². The number of rotatable bonds is 5. The van der Waals surface area contributed by atoms with Crippen molar-refractivity contribution < 1.29 is 4.74 Å². The zero-order valence-electron chi connectivity index (χ0n) is 9.76. The minimum Gasteiger partial charge on any atom is -0.494 e. The summed E-state index contributed by atoms with van der Waals surface area (Å²) in [4.78, 5) is 7.97. The zero-order valence-corrected chi connectivity index (χ0v) is 9.76. The molecule has 4 heteroatoms. The normalized spacial score (nSPS) is 9.94. The van der Waals surface area contributed by atoms with Crippen molar-refractivity contribution in [1.29, 1.82) is 0 Å². The van der Waals surface area contributed by atoms with Gasteiger partial charge in [-0.1, -0.05) is 12.1 Å². The average Bonchev–Trinajstić information content (AvgIpc) is 2.39. The van der Waals surface area contributed by atoms with Crippen LogP contribution in [0.25, 0.3) is 0 Å². The van der Waals surface area contributed by atoms with Crippen LogP contribution in [0.3, 0.4) is 0 Å². The smallest absolute Gasteiger partial charge is 0.129 e. The maximum Gasteiger partial charge on any atom is 0.129 e. The summed E-state index contributed by atoms with van der Waals surface area (Å²) >= 11 is 0. The maximum atomic E-state index is 5.45. The molecule has 0 fully saturated rings. The first-order valence-corrected chi connectivity index (χ1v) is 5.60. The number of hydrogen-bond acceptors (Lipinski definition) is 4. The molecule has 1 heterocycles. The fraction of sp³-hybridized carbons (Fsp3) is 0.231. The Morgan fingerprint density at radius 3 is 3.00 bits per heavy atom. The van der Waals surface area contributed by atoms with Gasteiger partial charge in [-0.15, -0.1) is 0 Å². The summed E-state index contributed by atoms with van der Waals surface area (Å²) in [6.07, 6.45) is 3.24. The van der Waals surface area contributed by atoms with E-state index in [4.69, 9.17) is 4.74 Å². The highest BCUT2D eigenvalue weighted by Crippen LogP contribution is 2.14. The standard InChI is InChI=1S/C13H15N3O/c1-2-17-12-5-3-4-11(8-12)9-15-13-6-7-14-10-16-13/h3-8,10H,2,9H2,1H3,(H,14,15,16). The Kier molecular flexibility index (Phi) is 3.91. The molecular formula is C13H15N3O. The fourth-order valence-corrected chi connectivity index (χ4v) is 1.50. The Labute approximate surface area is 101 Å². The van der Waals surface area contributed by atoms with Gasteiger partial charge in [0.2, 0.25) is 0 Å². The van der Waals surface area contributed by atoms with E-state index in [9.17, 15) is 0 Å². The molecule has 4 nitrogen and oxygen atoms in total. The molecule has 2 aromatic rings. The van der Waals surface area contributed by atoms with Crippen LogP contribution in [0.1, 0.15) is 12.5 Å². The van der Waals surface area contributed by atoms with Gasteiger partial charge < -0.3 is 10.1 Å². The van der Waals surface area contributed by atoms with Gasteiger partial charge in [0.25, 0.3) is 0 Å². The summed E-state index contributed by atoms with van der Waals surface area (Å²) in [5, 5.41) is 3.22. The third-order valence-corrected chi connectivity index (χ3v) is 2.27. The molecular weight excluding hydrogens is 214 g/mol. The van der Waals surface area contributed by atoms with Crippen molar-refractivity contribution in [3.63, 3.8) is 0 Å². The highest BCUT2D eigenvalue weighted by atomic mass is 16.5. The largest absolute Gasteiger partial charge is 0.494 e. The highest BCUT2D eigenvalue weighted by molar-refractivity contribution is 5.35. The fourth-order valence-electron chi connectivity index (χ4n) is 1.50. The number of aromatic nitrogens is 2. The van der Waals surface area contributed by atoms with Crippen LogP contribution in [0.5, 0.6) is 5.75 Å². The van der Waals surface area contributed by atoms with E-state index in [1.807, 2.05) is 31.2 Å². The second-order valence-corrected chi connectivity index (χ2v) is 3.53. The van der Waals surface area contributed by atoms with Gasteiger partial charge in [-0.2, -0.15) is 0 Å². The first-order chi connectivity index (χ1) is 8.38. The highest BCUT2D eigenvalue weighted by Gasteiger charge is 1.97. The minimum absolute atomic E-state index is 0.683. The van der Waals surface area contributed by atoms with Gasteiger partial charge >= 0.3 is 0 Å².